The van der Waals surface area contributed by atoms with Gasteiger partial charge in [-0.3, -0.25) is 4.79 Å². The number of nitrogens with one attached hydrogen (secondary N) is 1. The Labute approximate surface area is 198 Å². The van der Waals surface area contributed by atoms with Gasteiger partial charge in [0.2, 0.25) is 0 Å². The van der Waals surface area contributed by atoms with Crippen molar-refractivity contribution in [2.75, 3.05) is 16.8 Å². The Bertz CT molecular complexity index is 1380. The predicted molar refractivity (Wildman–Crippen MR) is 131 cm³/mol. The third-order valence-electron chi connectivity index (χ3n) is 6.26. The number of aryl methyl sites for hydroxylation is 1. The Kier molecular flexibility index (Phi) is 5.56. The Morgan fingerprint density at radius 2 is 2.12 bits per heavy atom. The lowest BCUT2D eigenvalue weighted by Gasteiger charge is -2.27. The fourth-order valence-electron chi connectivity index (χ4n) is 4.28. The lowest BCUT2D eigenvalue weighted by Crippen LogP contribution is -2.40. The number of nitrogens with zero attached hydrogens (tertiary/aromatic N) is 7. The highest BCUT2D eigenvalue weighted by Crippen LogP contribution is 2.36. The second kappa shape index (κ2) is 8.43. The van der Waals surface area contributed by atoms with Crippen LogP contribution in [0.4, 0.5) is 15.9 Å². The number of rotatable bonds is 5. The molecule has 5 rings (SSSR count). The highest BCUT2D eigenvalue weighted by atomic mass is 31.0. The molecule has 3 aromatic heterocycles. The number of fused-ring (bicyclic) bond motifs is 1. The molecule has 2 unspecified atom stereocenters. The fraction of sp³-hybridized carbons (Fsp3) is 0.348. The number of aromatic nitrogens is 6. The summed E-state index contributed by atoms with van der Waals surface area (Å²) in [5.74, 6) is 0.822. The number of carbonyl (C=O) groups is 1. The molecule has 1 saturated heterocycles. The molecule has 11 heteroatoms. The van der Waals surface area contributed by atoms with Crippen LogP contribution in [0.2, 0.25) is 0 Å². The molecule has 1 aromatic carbocycles. The molecule has 0 bridgehead atoms. The highest BCUT2D eigenvalue weighted by Gasteiger charge is 2.33. The second-order valence-corrected chi connectivity index (χ2v) is 9.66. The monoisotopic (exact) mass is 480 g/mol. The van der Waals surface area contributed by atoms with E-state index in [1.165, 1.54) is 17.1 Å². The summed E-state index contributed by atoms with van der Waals surface area (Å²) in [4.78, 5) is 24.2. The van der Waals surface area contributed by atoms with Crippen molar-refractivity contribution in [3.05, 3.63) is 60.2 Å². The smallest absolute Gasteiger partial charge is 0.251 e. The van der Waals surface area contributed by atoms with Crippen molar-refractivity contribution < 1.29 is 9.18 Å². The summed E-state index contributed by atoms with van der Waals surface area (Å²) in [7, 11) is 2.63. The molecule has 0 spiro atoms. The van der Waals surface area contributed by atoms with Crippen LogP contribution in [0.1, 0.15) is 44.1 Å². The standard InChI is InChI=1S/C23H26FN8OP/c1-14-25-13-32(29-14)23(2,3)22(33)27-18-12-26-31-10-8-20(28-21(18)31)30-9-4-5-19(30)16-11-15(34)6-7-17(16)24/h6-8,10-13,19H,4-5,9,34H2,1-3H3,(H,27,33). The third-order valence-corrected chi connectivity index (χ3v) is 6.62. The van der Waals surface area contributed by atoms with E-state index in [9.17, 15) is 9.18 Å². The zero-order valence-electron chi connectivity index (χ0n) is 19.2. The molecule has 34 heavy (non-hydrogen) atoms. The van der Waals surface area contributed by atoms with Crippen LogP contribution < -0.4 is 15.5 Å². The quantitative estimate of drug-likeness (QED) is 0.442. The maximum atomic E-state index is 14.6. The molecule has 4 aromatic rings. The first-order chi connectivity index (χ1) is 16.2. The summed E-state index contributed by atoms with van der Waals surface area (Å²) < 4.78 is 17.8. The Morgan fingerprint density at radius 1 is 1.29 bits per heavy atom. The lowest BCUT2D eigenvalue weighted by molar-refractivity contribution is -0.123. The first kappa shape index (κ1) is 22.4. The molecule has 2 atom stereocenters. The lowest BCUT2D eigenvalue weighted by atomic mass is 10.0. The molecule has 0 aliphatic carbocycles. The number of benzene rings is 1. The number of hydrogen-bond donors (Lipinski definition) is 1. The molecule has 1 N–H and O–H groups in total. The molecule has 176 valence electrons. The summed E-state index contributed by atoms with van der Waals surface area (Å²) in [6.07, 6.45) is 6.69. The Morgan fingerprint density at radius 3 is 2.88 bits per heavy atom. The van der Waals surface area contributed by atoms with Crippen LogP contribution in [0.3, 0.4) is 0 Å². The zero-order valence-corrected chi connectivity index (χ0v) is 20.4. The summed E-state index contributed by atoms with van der Waals surface area (Å²) in [5.41, 5.74) is 0.708. The molecular formula is C23H26FN8OP. The van der Waals surface area contributed by atoms with Gasteiger partial charge in [0.25, 0.3) is 5.91 Å². The minimum absolute atomic E-state index is 0.106. The average molecular weight is 480 g/mol. The van der Waals surface area contributed by atoms with Gasteiger partial charge in [0, 0.05) is 18.3 Å². The molecule has 1 fully saturated rings. The van der Waals surface area contributed by atoms with E-state index in [4.69, 9.17) is 4.98 Å². The van der Waals surface area contributed by atoms with Gasteiger partial charge in [-0.2, -0.15) is 10.2 Å². The molecule has 0 saturated carbocycles. The van der Waals surface area contributed by atoms with Gasteiger partial charge in [0.1, 0.15) is 35.0 Å². The summed E-state index contributed by atoms with van der Waals surface area (Å²) >= 11 is 0. The summed E-state index contributed by atoms with van der Waals surface area (Å²) in [6.45, 7) is 6.08. The van der Waals surface area contributed by atoms with E-state index in [2.05, 4.69) is 34.6 Å². The fourth-order valence-corrected chi connectivity index (χ4v) is 4.56. The van der Waals surface area contributed by atoms with Gasteiger partial charge in [-0.1, -0.05) is 6.07 Å². The molecule has 4 heterocycles. The minimum atomic E-state index is -0.964. The Hall–Kier alpha value is -3.39. The van der Waals surface area contributed by atoms with Crippen LogP contribution in [-0.2, 0) is 10.3 Å². The van der Waals surface area contributed by atoms with Gasteiger partial charge in [-0.25, -0.2) is 23.6 Å². The molecule has 1 aliphatic heterocycles. The molecule has 1 aliphatic rings. The van der Waals surface area contributed by atoms with Gasteiger partial charge in [0.05, 0.1) is 12.2 Å². The van der Waals surface area contributed by atoms with Gasteiger partial charge < -0.3 is 10.2 Å². The van der Waals surface area contributed by atoms with Crippen LogP contribution in [0.5, 0.6) is 0 Å². The highest BCUT2D eigenvalue weighted by molar-refractivity contribution is 7.27. The van der Waals surface area contributed by atoms with E-state index < -0.39 is 5.54 Å². The molecule has 0 radical (unpaired) electrons. The van der Waals surface area contributed by atoms with Crippen molar-refractivity contribution in [3.8, 4) is 0 Å². The first-order valence-electron chi connectivity index (χ1n) is 11.1. The van der Waals surface area contributed by atoms with Crippen molar-refractivity contribution in [1.82, 2.24) is 29.4 Å². The van der Waals surface area contributed by atoms with E-state index in [1.807, 2.05) is 12.1 Å². The van der Waals surface area contributed by atoms with Crippen LogP contribution >= 0.6 is 9.24 Å². The normalized spacial score (nSPS) is 16.4. The van der Waals surface area contributed by atoms with Crippen molar-refractivity contribution in [3.63, 3.8) is 0 Å². The van der Waals surface area contributed by atoms with Crippen LogP contribution in [0.25, 0.3) is 5.65 Å². The summed E-state index contributed by atoms with van der Waals surface area (Å²) in [6, 6.07) is 6.89. The van der Waals surface area contributed by atoms with E-state index in [0.29, 0.717) is 28.5 Å². The van der Waals surface area contributed by atoms with Gasteiger partial charge in [-0.15, -0.1) is 9.24 Å². The number of amides is 1. The topological polar surface area (TPSA) is 93.2 Å². The number of anilines is 2. The molecule has 1 amide bonds. The van der Waals surface area contributed by atoms with Crippen molar-refractivity contribution in [2.24, 2.45) is 0 Å². The molecular weight excluding hydrogens is 454 g/mol. The van der Waals surface area contributed by atoms with Crippen molar-refractivity contribution in [2.45, 2.75) is 45.2 Å². The summed E-state index contributed by atoms with van der Waals surface area (Å²) in [5, 5.41) is 12.5. The average Bonchev–Trinajstić information content (AvgIpc) is 3.55. The van der Waals surface area contributed by atoms with E-state index in [1.54, 1.807) is 43.7 Å². The number of hydrogen-bond acceptors (Lipinski definition) is 6. The second-order valence-electron chi connectivity index (χ2n) is 8.99. The maximum Gasteiger partial charge on any atom is 0.251 e. The van der Waals surface area contributed by atoms with Crippen molar-refractivity contribution >= 4 is 37.6 Å². The van der Waals surface area contributed by atoms with Gasteiger partial charge >= 0.3 is 0 Å². The number of halogens is 1. The minimum Gasteiger partial charge on any atom is -0.349 e. The Balaban J connectivity index is 1.45. The predicted octanol–water partition coefficient (Wildman–Crippen LogP) is 2.98. The van der Waals surface area contributed by atoms with Gasteiger partial charge in [0.15, 0.2) is 5.65 Å². The van der Waals surface area contributed by atoms with Crippen LogP contribution in [-0.4, -0.2) is 41.8 Å². The van der Waals surface area contributed by atoms with E-state index >= 15 is 0 Å². The zero-order chi connectivity index (χ0) is 24.0. The van der Waals surface area contributed by atoms with E-state index in [-0.39, 0.29) is 17.8 Å². The third kappa shape index (κ3) is 3.92. The SMILES string of the molecule is Cc1ncn(C(C)(C)C(=O)Nc2cnn3ccc(N4CCCC4c4cc(P)ccc4F)nc23)n1. The molecule has 9 nitrogen and oxygen atoms in total. The van der Waals surface area contributed by atoms with Crippen molar-refractivity contribution in [1.29, 1.82) is 0 Å². The van der Waals surface area contributed by atoms with Gasteiger partial charge in [-0.05, 0) is 57.1 Å². The van der Waals surface area contributed by atoms with Crippen LogP contribution in [0.15, 0.2) is 43.0 Å². The van der Waals surface area contributed by atoms with E-state index in [0.717, 1.165) is 24.7 Å². The largest absolute Gasteiger partial charge is 0.349 e. The first-order valence-corrected chi connectivity index (χ1v) is 11.7. The van der Waals surface area contributed by atoms with Crippen LogP contribution in [0, 0.1) is 12.7 Å². The maximum absolute atomic E-state index is 14.6. The number of carbonyl (C=O) groups excluding carboxylic acids is 1.